The van der Waals surface area contributed by atoms with Crippen molar-refractivity contribution in [3.63, 3.8) is 0 Å². The molecular formula is C20H27N3O5S3. The summed E-state index contributed by atoms with van der Waals surface area (Å²) in [5, 5.41) is 0. The molecule has 170 valence electrons. The molecule has 1 amide bonds. The van der Waals surface area contributed by atoms with Crippen LogP contribution in [0.2, 0.25) is 0 Å². The zero-order chi connectivity index (χ0) is 22.8. The number of thiophene rings is 1. The lowest BCUT2D eigenvalue weighted by Gasteiger charge is -2.33. The van der Waals surface area contributed by atoms with Crippen LogP contribution in [-0.2, 0) is 20.0 Å². The molecule has 1 aromatic carbocycles. The molecular weight excluding hydrogens is 458 g/mol. The minimum Gasteiger partial charge on any atom is -0.336 e. The maximum absolute atomic E-state index is 13.0. The van der Waals surface area contributed by atoms with E-state index in [0.29, 0.717) is 17.3 Å². The molecule has 1 fully saturated rings. The number of hydrogen-bond donors (Lipinski definition) is 0. The van der Waals surface area contributed by atoms with Crippen LogP contribution in [0.3, 0.4) is 0 Å². The molecule has 3 rings (SSSR count). The maximum atomic E-state index is 13.0. The van der Waals surface area contributed by atoms with Crippen molar-refractivity contribution in [2.45, 2.75) is 29.9 Å². The Morgan fingerprint density at radius 2 is 1.65 bits per heavy atom. The number of rotatable bonds is 7. The van der Waals surface area contributed by atoms with Gasteiger partial charge in [0.05, 0.1) is 4.90 Å². The normalized spacial score (nSPS) is 16.1. The summed E-state index contributed by atoms with van der Waals surface area (Å²) in [7, 11) is -7.24. The van der Waals surface area contributed by atoms with E-state index in [0.717, 1.165) is 4.88 Å². The first-order chi connectivity index (χ1) is 14.6. The van der Waals surface area contributed by atoms with Gasteiger partial charge in [-0.2, -0.15) is 8.61 Å². The first-order valence-corrected chi connectivity index (χ1v) is 13.8. The lowest BCUT2D eigenvalue weighted by Crippen LogP contribution is -2.50. The first kappa shape index (κ1) is 23.9. The van der Waals surface area contributed by atoms with Gasteiger partial charge in [-0.15, -0.1) is 11.3 Å². The molecule has 8 nitrogen and oxygen atoms in total. The zero-order valence-electron chi connectivity index (χ0n) is 17.8. The van der Waals surface area contributed by atoms with E-state index in [1.54, 1.807) is 43.0 Å². The third-order valence-corrected chi connectivity index (χ3v) is 10.7. The van der Waals surface area contributed by atoms with Crippen LogP contribution in [0.1, 0.15) is 29.1 Å². The van der Waals surface area contributed by atoms with Crippen LogP contribution >= 0.6 is 11.3 Å². The molecule has 1 saturated heterocycles. The number of piperazine rings is 1. The highest BCUT2D eigenvalue weighted by molar-refractivity contribution is 7.91. The molecule has 0 spiro atoms. The minimum atomic E-state index is -3.67. The second-order valence-corrected chi connectivity index (χ2v) is 12.6. The maximum Gasteiger partial charge on any atom is 0.253 e. The molecule has 2 aromatic rings. The van der Waals surface area contributed by atoms with E-state index in [1.165, 1.54) is 32.1 Å². The summed E-state index contributed by atoms with van der Waals surface area (Å²) in [5.74, 6) is -0.305. The Kier molecular flexibility index (Phi) is 7.21. The van der Waals surface area contributed by atoms with Crippen LogP contribution in [0.25, 0.3) is 0 Å². The van der Waals surface area contributed by atoms with Gasteiger partial charge >= 0.3 is 0 Å². The fourth-order valence-electron chi connectivity index (χ4n) is 3.49. The standard InChI is InChI=1S/C20H27N3O5S3/c1-4-22(5-2)30(25,26)18-8-6-7-17(15-18)20(24)21-11-13-23(14-12-21)31(27,28)19-10-9-16(3)29-19/h6-10,15H,4-5,11-14H2,1-3H3. The Balaban J connectivity index is 1.73. The lowest BCUT2D eigenvalue weighted by atomic mass is 10.2. The average molecular weight is 486 g/mol. The Morgan fingerprint density at radius 1 is 1.00 bits per heavy atom. The third-order valence-electron chi connectivity index (χ3n) is 5.26. The Morgan fingerprint density at radius 3 is 2.19 bits per heavy atom. The highest BCUT2D eigenvalue weighted by Gasteiger charge is 2.31. The van der Waals surface area contributed by atoms with Crippen molar-refractivity contribution in [1.29, 1.82) is 0 Å². The van der Waals surface area contributed by atoms with Gasteiger partial charge in [0.2, 0.25) is 10.0 Å². The van der Waals surface area contributed by atoms with Crippen molar-refractivity contribution in [2.75, 3.05) is 39.3 Å². The van der Waals surface area contributed by atoms with E-state index in [2.05, 4.69) is 0 Å². The molecule has 1 aliphatic heterocycles. The summed E-state index contributed by atoms with van der Waals surface area (Å²) in [4.78, 5) is 15.5. The van der Waals surface area contributed by atoms with E-state index in [1.807, 2.05) is 6.92 Å². The minimum absolute atomic E-state index is 0.0799. The third kappa shape index (κ3) is 4.85. The van der Waals surface area contributed by atoms with E-state index < -0.39 is 20.0 Å². The predicted molar refractivity (Wildman–Crippen MR) is 120 cm³/mol. The Hall–Kier alpha value is -1.79. The van der Waals surface area contributed by atoms with Crippen molar-refractivity contribution in [1.82, 2.24) is 13.5 Å². The van der Waals surface area contributed by atoms with Crippen LogP contribution in [0.15, 0.2) is 45.5 Å². The summed E-state index contributed by atoms with van der Waals surface area (Å²) in [6, 6.07) is 9.40. The molecule has 1 aliphatic rings. The van der Waals surface area contributed by atoms with Gasteiger partial charge in [-0.25, -0.2) is 16.8 Å². The fraction of sp³-hybridized carbons (Fsp3) is 0.450. The number of aryl methyl sites for hydroxylation is 1. The molecule has 11 heteroatoms. The number of nitrogens with zero attached hydrogens (tertiary/aromatic N) is 3. The summed E-state index contributed by atoms with van der Waals surface area (Å²) < 4.78 is 54.1. The number of amides is 1. The van der Waals surface area contributed by atoms with Gasteiger partial charge < -0.3 is 4.90 Å². The van der Waals surface area contributed by atoms with E-state index >= 15 is 0 Å². The van der Waals surface area contributed by atoms with Gasteiger partial charge in [0, 0.05) is 49.7 Å². The summed E-state index contributed by atoms with van der Waals surface area (Å²) in [6.45, 7) is 6.96. The topological polar surface area (TPSA) is 95.1 Å². The SMILES string of the molecule is CCN(CC)S(=O)(=O)c1cccc(C(=O)N2CCN(S(=O)(=O)c3ccc(C)s3)CC2)c1. The highest BCUT2D eigenvalue weighted by atomic mass is 32.2. The van der Waals surface area contributed by atoms with Gasteiger partial charge in [-0.1, -0.05) is 19.9 Å². The number of carbonyl (C=O) groups excluding carboxylic acids is 1. The largest absolute Gasteiger partial charge is 0.336 e. The van der Waals surface area contributed by atoms with E-state index in [-0.39, 0.29) is 42.5 Å². The number of sulfonamides is 2. The number of benzene rings is 1. The fourth-order valence-corrected chi connectivity index (χ4v) is 7.86. The second-order valence-electron chi connectivity index (χ2n) is 7.18. The molecule has 1 aromatic heterocycles. The van der Waals surface area contributed by atoms with Crippen LogP contribution in [0.4, 0.5) is 0 Å². The van der Waals surface area contributed by atoms with Gasteiger partial charge in [0.25, 0.3) is 15.9 Å². The highest BCUT2D eigenvalue weighted by Crippen LogP contribution is 2.25. The van der Waals surface area contributed by atoms with Crippen molar-refractivity contribution in [3.05, 3.63) is 46.8 Å². The molecule has 2 heterocycles. The summed E-state index contributed by atoms with van der Waals surface area (Å²) in [6.07, 6.45) is 0. The van der Waals surface area contributed by atoms with Crippen LogP contribution in [-0.4, -0.2) is 75.5 Å². The smallest absolute Gasteiger partial charge is 0.253 e. The molecule has 0 unspecified atom stereocenters. The molecule has 0 atom stereocenters. The first-order valence-electron chi connectivity index (χ1n) is 10.1. The van der Waals surface area contributed by atoms with Crippen molar-refractivity contribution < 1.29 is 21.6 Å². The molecule has 0 radical (unpaired) electrons. The van der Waals surface area contributed by atoms with E-state index in [9.17, 15) is 21.6 Å². The Labute approximate surface area is 188 Å². The van der Waals surface area contributed by atoms with Crippen LogP contribution in [0.5, 0.6) is 0 Å². The van der Waals surface area contributed by atoms with Crippen molar-refractivity contribution in [2.24, 2.45) is 0 Å². The van der Waals surface area contributed by atoms with Crippen LogP contribution < -0.4 is 0 Å². The van der Waals surface area contributed by atoms with Gasteiger partial charge in [0.1, 0.15) is 4.21 Å². The quantitative estimate of drug-likeness (QED) is 0.599. The monoisotopic (exact) mass is 485 g/mol. The summed E-state index contributed by atoms with van der Waals surface area (Å²) in [5.41, 5.74) is 0.276. The molecule has 31 heavy (non-hydrogen) atoms. The molecule has 0 bridgehead atoms. The lowest BCUT2D eigenvalue weighted by molar-refractivity contribution is 0.0697. The average Bonchev–Trinajstić information content (AvgIpc) is 3.21. The number of hydrogen-bond acceptors (Lipinski definition) is 6. The Bertz CT molecular complexity index is 1150. The molecule has 0 saturated carbocycles. The zero-order valence-corrected chi connectivity index (χ0v) is 20.3. The molecule has 0 aliphatic carbocycles. The van der Waals surface area contributed by atoms with Crippen molar-refractivity contribution >= 4 is 37.3 Å². The van der Waals surface area contributed by atoms with Gasteiger partial charge in [-0.3, -0.25) is 4.79 Å². The summed E-state index contributed by atoms with van der Waals surface area (Å²) >= 11 is 1.23. The van der Waals surface area contributed by atoms with Crippen molar-refractivity contribution in [3.8, 4) is 0 Å². The number of carbonyl (C=O) groups is 1. The van der Waals surface area contributed by atoms with Gasteiger partial charge in [0.15, 0.2) is 0 Å². The van der Waals surface area contributed by atoms with E-state index in [4.69, 9.17) is 0 Å². The van der Waals surface area contributed by atoms with Crippen LogP contribution in [0, 0.1) is 6.92 Å². The van der Waals surface area contributed by atoms with Gasteiger partial charge in [-0.05, 0) is 37.3 Å². The molecule has 0 N–H and O–H groups in total. The predicted octanol–water partition coefficient (Wildman–Crippen LogP) is 2.23. The second kappa shape index (κ2) is 9.37.